The number of amides is 1. The zero-order valence-electron chi connectivity index (χ0n) is 16.0. The molecule has 2 aromatic carbocycles. The van der Waals surface area contributed by atoms with E-state index in [9.17, 15) is 4.79 Å². The fraction of sp³-hybridized carbons (Fsp3) is 0.250. The number of pyridine rings is 1. The van der Waals surface area contributed by atoms with E-state index < -0.39 is 0 Å². The van der Waals surface area contributed by atoms with Gasteiger partial charge in [0.2, 0.25) is 0 Å². The zero-order chi connectivity index (χ0) is 19.3. The molecule has 142 valence electrons. The largest absolute Gasteiger partial charge is 0.457 e. The minimum Gasteiger partial charge on any atom is -0.457 e. The first-order valence-corrected chi connectivity index (χ1v) is 9.79. The van der Waals surface area contributed by atoms with Gasteiger partial charge < -0.3 is 9.64 Å². The van der Waals surface area contributed by atoms with Crippen LogP contribution < -0.4 is 4.74 Å². The van der Waals surface area contributed by atoms with Gasteiger partial charge in [0.05, 0.1) is 5.69 Å². The molecule has 4 heteroatoms. The molecular formula is C24H24N2O2. The molecule has 1 fully saturated rings. The van der Waals surface area contributed by atoms with Gasteiger partial charge in [-0.2, -0.15) is 0 Å². The van der Waals surface area contributed by atoms with Gasteiger partial charge in [-0.1, -0.05) is 43.3 Å². The fourth-order valence-electron chi connectivity index (χ4n) is 3.46. The summed E-state index contributed by atoms with van der Waals surface area (Å²) in [6.07, 6.45) is 2.11. The molecule has 0 atom stereocenters. The molecule has 0 N–H and O–H groups in total. The number of para-hydroxylation sites is 2. The third kappa shape index (κ3) is 4.06. The summed E-state index contributed by atoms with van der Waals surface area (Å²) in [5.41, 5.74) is 2.09. The summed E-state index contributed by atoms with van der Waals surface area (Å²) in [6.45, 7) is 3.85. The number of nitrogens with zero attached hydrogens (tertiary/aromatic N) is 2. The molecule has 1 aliphatic heterocycles. The summed E-state index contributed by atoms with van der Waals surface area (Å²) in [6, 6.07) is 23.1. The van der Waals surface area contributed by atoms with Gasteiger partial charge in [-0.15, -0.1) is 0 Å². The van der Waals surface area contributed by atoms with E-state index in [1.54, 1.807) is 6.07 Å². The lowest BCUT2D eigenvalue weighted by molar-refractivity contribution is 0.0691. The first kappa shape index (κ1) is 18.2. The Kier molecular flexibility index (Phi) is 5.38. The van der Waals surface area contributed by atoms with Crippen molar-refractivity contribution in [3.05, 3.63) is 78.5 Å². The Balaban J connectivity index is 1.60. The number of benzene rings is 2. The van der Waals surface area contributed by atoms with E-state index in [0.717, 1.165) is 48.7 Å². The highest BCUT2D eigenvalue weighted by Gasteiger charge is 2.22. The van der Waals surface area contributed by atoms with Crippen LogP contribution in [0.15, 0.2) is 72.8 Å². The topological polar surface area (TPSA) is 42.4 Å². The Hall–Kier alpha value is -3.14. The number of carbonyl (C=O) groups excluding carboxylic acids is 1. The first-order chi connectivity index (χ1) is 13.7. The normalized spacial score (nSPS) is 14.7. The Morgan fingerprint density at radius 1 is 0.929 bits per heavy atom. The van der Waals surface area contributed by atoms with E-state index in [0.29, 0.717) is 11.6 Å². The van der Waals surface area contributed by atoms with Crippen LogP contribution >= 0.6 is 0 Å². The molecule has 2 heterocycles. The fourth-order valence-corrected chi connectivity index (χ4v) is 3.46. The molecule has 4 nitrogen and oxygen atoms in total. The molecule has 0 bridgehead atoms. The van der Waals surface area contributed by atoms with Crippen LogP contribution in [0.2, 0.25) is 0 Å². The van der Waals surface area contributed by atoms with Gasteiger partial charge >= 0.3 is 0 Å². The number of likely N-dealkylation sites (tertiary alicyclic amines) is 1. The van der Waals surface area contributed by atoms with Crippen LogP contribution in [0.1, 0.15) is 30.3 Å². The molecular weight excluding hydrogens is 348 g/mol. The van der Waals surface area contributed by atoms with Crippen molar-refractivity contribution in [2.24, 2.45) is 5.92 Å². The van der Waals surface area contributed by atoms with Crippen LogP contribution in [0.3, 0.4) is 0 Å². The van der Waals surface area contributed by atoms with Crippen LogP contribution in [0, 0.1) is 5.92 Å². The molecule has 0 unspecified atom stereocenters. The van der Waals surface area contributed by atoms with Crippen molar-refractivity contribution < 1.29 is 9.53 Å². The smallest absolute Gasteiger partial charge is 0.272 e. The Bertz CT molecular complexity index is 948. The van der Waals surface area contributed by atoms with E-state index in [1.807, 2.05) is 71.6 Å². The van der Waals surface area contributed by atoms with Gasteiger partial charge in [0.1, 0.15) is 17.2 Å². The molecule has 4 rings (SSSR count). The van der Waals surface area contributed by atoms with E-state index in [1.165, 1.54) is 0 Å². The van der Waals surface area contributed by atoms with Crippen LogP contribution in [0.25, 0.3) is 11.3 Å². The van der Waals surface area contributed by atoms with Gasteiger partial charge in [-0.3, -0.25) is 4.79 Å². The summed E-state index contributed by atoms with van der Waals surface area (Å²) < 4.78 is 6.06. The standard InChI is InChI=1S/C24H24N2O2/c1-18-14-16-26(17-15-18)24(27)22-12-7-11-21(25-22)20-10-5-6-13-23(20)28-19-8-3-2-4-9-19/h2-13,18H,14-17H2,1H3. The second-order valence-electron chi connectivity index (χ2n) is 7.29. The van der Waals surface area contributed by atoms with Gasteiger partial charge in [0, 0.05) is 18.7 Å². The maximum absolute atomic E-state index is 12.9. The summed E-state index contributed by atoms with van der Waals surface area (Å²) >= 11 is 0. The van der Waals surface area contributed by atoms with E-state index in [2.05, 4.69) is 11.9 Å². The highest BCUT2D eigenvalue weighted by atomic mass is 16.5. The minimum absolute atomic E-state index is 0.00945. The maximum Gasteiger partial charge on any atom is 0.272 e. The SMILES string of the molecule is CC1CCN(C(=O)c2cccc(-c3ccccc3Oc3ccccc3)n2)CC1. The molecule has 0 radical (unpaired) electrons. The Morgan fingerprint density at radius 3 is 2.43 bits per heavy atom. The maximum atomic E-state index is 12.9. The number of carbonyl (C=O) groups is 1. The minimum atomic E-state index is 0.00945. The van der Waals surface area contributed by atoms with Crippen molar-refractivity contribution in [1.82, 2.24) is 9.88 Å². The number of ether oxygens (including phenoxy) is 1. The number of hydrogen-bond acceptors (Lipinski definition) is 3. The highest BCUT2D eigenvalue weighted by molar-refractivity contribution is 5.93. The molecule has 0 saturated carbocycles. The lowest BCUT2D eigenvalue weighted by atomic mass is 9.99. The number of rotatable bonds is 4. The van der Waals surface area contributed by atoms with Crippen molar-refractivity contribution in [3.8, 4) is 22.8 Å². The molecule has 3 aromatic rings. The summed E-state index contributed by atoms with van der Waals surface area (Å²) in [5, 5.41) is 0. The van der Waals surface area contributed by atoms with E-state index in [-0.39, 0.29) is 5.91 Å². The van der Waals surface area contributed by atoms with Crippen molar-refractivity contribution in [1.29, 1.82) is 0 Å². The summed E-state index contributed by atoms with van der Waals surface area (Å²) in [4.78, 5) is 19.5. The van der Waals surface area contributed by atoms with Crippen molar-refractivity contribution >= 4 is 5.91 Å². The summed E-state index contributed by atoms with van der Waals surface area (Å²) in [5.74, 6) is 2.18. The van der Waals surface area contributed by atoms with Crippen molar-refractivity contribution in [2.75, 3.05) is 13.1 Å². The Labute approximate surface area is 165 Å². The quantitative estimate of drug-likeness (QED) is 0.615. The third-order valence-electron chi connectivity index (χ3n) is 5.17. The molecule has 1 aromatic heterocycles. The average Bonchev–Trinajstić information content (AvgIpc) is 2.75. The highest BCUT2D eigenvalue weighted by Crippen LogP contribution is 2.32. The molecule has 1 amide bonds. The van der Waals surface area contributed by atoms with E-state index >= 15 is 0 Å². The summed E-state index contributed by atoms with van der Waals surface area (Å²) in [7, 11) is 0. The lowest BCUT2D eigenvalue weighted by Crippen LogP contribution is -2.38. The Morgan fingerprint density at radius 2 is 1.64 bits per heavy atom. The predicted octanol–water partition coefficient (Wildman–Crippen LogP) is 5.41. The molecule has 28 heavy (non-hydrogen) atoms. The van der Waals surface area contributed by atoms with Gasteiger partial charge in [-0.05, 0) is 55.2 Å². The van der Waals surface area contributed by atoms with Crippen LogP contribution in [-0.4, -0.2) is 28.9 Å². The van der Waals surface area contributed by atoms with Gasteiger partial charge in [0.15, 0.2) is 0 Å². The number of hydrogen-bond donors (Lipinski definition) is 0. The van der Waals surface area contributed by atoms with Crippen LogP contribution in [-0.2, 0) is 0 Å². The number of aromatic nitrogens is 1. The first-order valence-electron chi connectivity index (χ1n) is 9.79. The van der Waals surface area contributed by atoms with Crippen LogP contribution in [0.5, 0.6) is 11.5 Å². The molecule has 1 saturated heterocycles. The van der Waals surface area contributed by atoms with E-state index in [4.69, 9.17) is 4.74 Å². The third-order valence-corrected chi connectivity index (χ3v) is 5.17. The zero-order valence-corrected chi connectivity index (χ0v) is 16.0. The molecule has 1 aliphatic rings. The lowest BCUT2D eigenvalue weighted by Gasteiger charge is -2.30. The number of piperidine rings is 1. The average molecular weight is 372 g/mol. The molecule has 0 aliphatic carbocycles. The monoisotopic (exact) mass is 372 g/mol. The van der Waals surface area contributed by atoms with Gasteiger partial charge in [-0.25, -0.2) is 4.98 Å². The van der Waals surface area contributed by atoms with Gasteiger partial charge in [0.25, 0.3) is 5.91 Å². The van der Waals surface area contributed by atoms with Crippen molar-refractivity contribution in [2.45, 2.75) is 19.8 Å². The van der Waals surface area contributed by atoms with Crippen LogP contribution in [0.4, 0.5) is 0 Å². The second kappa shape index (κ2) is 8.26. The van der Waals surface area contributed by atoms with Crippen molar-refractivity contribution in [3.63, 3.8) is 0 Å². The molecule has 0 spiro atoms. The predicted molar refractivity (Wildman–Crippen MR) is 110 cm³/mol. The second-order valence-corrected chi connectivity index (χ2v) is 7.29.